The first-order valence-corrected chi connectivity index (χ1v) is 10.0. The van der Waals surface area contributed by atoms with Crippen molar-refractivity contribution in [1.82, 2.24) is 20.7 Å². The third kappa shape index (κ3) is 4.11. The summed E-state index contributed by atoms with van der Waals surface area (Å²) in [5.41, 5.74) is 2.43. The molecule has 0 bridgehead atoms. The highest BCUT2D eigenvalue weighted by Gasteiger charge is 2.52. The Balaban J connectivity index is 1.34. The molecule has 29 heavy (non-hydrogen) atoms. The smallest absolute Gasteiger partial charge is 0.344 e. The zero-order chi connectivity index (χ0) is 20.4. The van der Waals surface area contributed by atoms with E-state index in [-0.39, 0.29) is 24.4 Å². The van der Waals surface area contributed by atoms with Crippen LogP contribution in [0.3, 0.4) is 0 Å². The number of carbonyl (C=O) groups is 3. The molecular weight excluding hydrogens is 379 g/mol. The van der Waals surface area contributed by atoms with E-state index in [2.05, 4.69) is 10.7 Å². The van der Waals surface area contributed by atoms with Crippen molar-refractivity contribution in [2.45, 2.75) is 43.7 Å². The normalized spacial score (nSPS) is 24.6. The number of nitrogens with zero attached hydrogens (tertiary/aromatic N) is 2. The van der Waals surface area contributed by atoms with Gasteiger partial charge in [0.2, 0.25) is 0 Å². The van der Waals surface area contributed by atoms with Crippen LogP contribution in [0.1, 0.15) is 43.8 Å². The number of amides is 4. The fourth-order valence-electron chi connectivity index (χ4n) is 4.30. The molecule has 1 spiro atoms. The Morgan fingerprint density at radius 3 is 2.66 bits per heavy atom. The second kappa shape index (κ2) is 8.08. The molecule has 1 atom stereocenters. The molecule has 1 aromatic carbocycles. The Morgan fingerprint density at radius 2 is 1.93 bits per heavy atom. The molecule has 8 nitrogen and oxygen atoms in total. The highest BCUT2D eigenvalue weighted by atomic mass is 19.1. The fourth-order valence-corrected chi connectivity index (χ4v) is 4.30. The van der Waals surface area contributed by atoms with Crippen LogP contribution in [0.25, 0.3) is 0 Å². The number of hydrogen-bond acceptors (Lipinski definition) is 5. The van der Waals surface area contributed by atoms with Gasteiger partial charge in [0.15, 0.2) is 0 Å². The Hall–Kier alpha value is -2.52. The van der Waals surface area contributed by atoms with Crippen molar-refractivity contribution in [1.29, 1.82) is 0 Å². The average molecular weight is 404 g/mol. The van der Waals surface area contributed by atoms with Gasteiger partial charge in [-0.25, -0.2) is 9.18 Å². The molecule has 1 saturated carbocycles. The van der Waals surface area contributed by atoms with E-state index in [1.165, 1.54) is 12.1 Å². The number of rotatable bonds is 4. The second-order valence-electron chi connectivity index (χ2n) is 7.89. The molecule has 2 aliphatic heterocycles. The van der Waals surface area contributed by atoms with Crippen LogP contribution in [-0.2, 0) is 14.3 Å². The summed E-state index contributed by atoms with van der Waals surface area (Å²) in [6.07, 6.45) is 3.75. The number of carbonyl (C=O) groups excluding carboxylic acids is 3. The summed E-state index contributed by atoms with van der Waals surface area (Å²) in [7, 11) is 0. The third-order valence-electron chi connectivity index (χ3n) is 5.86. The van der Waals surface area contributed by atoms with Crippen LogP contribution in [0.2, 0.25) is 0 Å². The van der Waals surface area contributed by atoms with Crippen molar-refractivity contribution in [3.05, 3.63) is 35.6 Å². The van der Waals surface area contributed by atoms with E-state index in [0.29, 0.717) is 32.5 Å². The summed E-state index contributed by atoms with van der Waals surface area (Å²) in [5, 5.41) is 3.59. The van der Waals surface area contributed by atoms with Crippen molar-refractivity contribution >= 4 is 17.8 Å². The highest BCUT2D eigenvalue weighted by molar-refractivity contribution is 6.08. The molecule has 156 valence electrons. The van der Waals surface area contributed by atoms with Gasteiger partial charge in [-0.3, -0.25) is 19.9 Å². The second-order valence-corrected chi connectivity index (χ2v) is 7.89. The van der Waals surface area contributed by atoms with Crippen molar-refractivity contribution < 1.29 is 23.5 Å². The Labute approximate surface area is 168 Å². The highest BCUT2D eigenvalue weighted by Crippen LogP contribution is 2.33. The van der Waals surface area contributed by atoms with Gasteiger partial charge in [-0.1, -0.05) is 31.4 Å². The van der Waals surface area contributed by atoms with Gasteiger partial charge in [0.25, 0.3) is 11.8 Å². The fraction of sp³-hybridized carbons (Fsp3) is 0.550. The Kier molecular flexibility index (Phi) is 5.51. The molecule has 9 heteroatoms. The molecule has 3 aliphatic rings. The first-order chi connectivity index (χ1) is 14.0. The van der Waals surface area contributed by atoms with Crippen LogP contribution in [0.15, 0.2) is 24.3 Å². The van der Waals surface area contributed by atoms with Crippen molar-refractivity contribution in [2.75, 3.05) is 26.2 Å². The third-order valence-corrected chi connectivity index (χ3v) is 5.86. The number of benzene rings is 1. The maximum Gasteiger partial charge on any atom is 0.344 e. The van der Waals surface area contributed by atoms with Crippen molar-refractivity contribution in [3.63, 3.8) is 0 Å². The van der Waals surface area contributed by atoms with E-state index < -0.39 is 17.5 Å². The van der Waals surface area contributed by atoms with Crippen LogP contribution in [0, 0.1) is 5.82 Å². The number of hydrazine groups is 1. The van der Waals surface area contributed by atoms with E-state index in [1.807, 2.05) is 4.90 Å². The standard InChI is InChI=1S/C20H25FN4O4/c21-15-6-4-14(5-7-15)16-12-24(10-11-29-16)13-17(26)23-25-18(27)20(22-19(25)28)8-2-1-3-9-20/h4-7,16H,1-3,8-13H2,(H,22,28)(H,23,26). The summed E-state index contributed by atoms with van der Waals surface area (Å²) in [5.74, 6) is -1.12. The molecule has 0 radical (unpaired) electrons. The van der Waals surface area contributed by atoms with Crippen molar-refractivity contribution in [3.8, 4) is 0 Å². The number of halogens is 1. The van der Waals surface area contributed by atoms with E-state index >= 15 is 0 Å². The lowest BCUT2D eigenvalue weighted by molar-refractivity contribution is -0.141. The minimum atomic E-state index is -0.866. The number of urea groups is 1. The van der Waals surface area contributed by atoms with Gasteiger partial charge in [0, 0.05) is 13.1 Å². The van der Waals surface area contributed by atoms with E-state index in [4.69, 9.17) is 4.74 Å². The maximum absolute atomic E-state index is 13.1. The number of imide groups is 1. The van der Waals surface area contributed by atoms with Crippen LogP contribution in [0.4, 0.5) is 9.18 Å². The summed E-state index contributed by atoms with van der Waals surface area (Å²) in [6, 6.07) is 5.52. The molecule has 0 aromatic heterocycles. The van der Waals surface area contributed by atoms with Gasteiger partial charge in [0.05, 0.1) is 19.3 Å². The zero-order valence-electron chi connectivity index (χ0n) is 16.2. The van der Waals surface area contributed by atoms with E-state index in [1.54, 1.807) is 12.1 Å². The monoisotopic (exact) mass is 404 g/mol. The maximum atomic E-state index is 13.1. The lowest BCUT2D eigenvalue weighted by atomic mass is 9.82. The molecule has 2 heterocycles. The van der Waals surface area contributed by atoms with Gasteiger partial charge >= 0.3 is 6.03 Å². The van der Waals surface area contributed by atoms with E-state index in [0.717, 1.165) is 29.8 Å². The molecule has 1 unspecified atom stereocenters. The van der Waals surface area contributed by atoms with E-state index in [9.17, 15) is 18.8 Å². The van der Waals surface area contributed by atoms with Gasteiger partial charge < -0.3 is 10.1 Å². The molecule has 1 aromatic rings. The van der Waals surface area contributed by atoms with Gasteiger partial charge in [-0.05, 0) is 30.5 Å². The zero-order valence-corrected chi connectivity index (χ0v) is 16.2. The molecule has 1 aliphatic carbocycles. The topological polar surface area (TPSA) is 91.0 Å². The minimum Gasteiger partial charge on any atom is -0.371 e. The lowest BCUT2D eigenvalue weighted by Crippen LogP contribution is -2.53. The van der Waals surface area contributed by atoms with Gasteiger partial charge in [0.1, 0.15) is 11.4 Å². The van der Waals surface area contributed by atoms with Crippen LogP contribution >= 0.6 is 0 Å². The van der Waals surface area contributed by atoms with Gasteiger partial charge in [-0.2, -0.15) is 5.01 Å². The molecule has 4 rings (SSSR count). The quantitative estimate of drug-likeness (QED) is 0.742. The minimum absolute atomic E-state index is 0.0329. The summed E-state index contributed by atoms with van der Waals surface area (Å²) >= 11 is 0. The molecule has 2 saturated heterocycles. The molecular formula is C20H25FN4O4. The number of morpholine rings is 1. The average Bonchev–Trinajstić information content (AvgIpc) is 2.93. The van der Waals surface area contributed by atoms with Crippen LogP contribution in [0.5, 0.6) is 0 Å². The largest absolute Gasteiger partial charge is 0.371 e. The molecule has 4 amide bonds. The Morgan fingerprint density at radius 1 is 1.21 bits per heavy atom. The molecule has 2 N–H and O–H groups in total. The van der Waals surface area contributed by atoms with Crippen LogP contribution < -0.4 is 10.7 Å². The van der Waals surface area contributed by atoms with Crippen molar-refractivity contribution in [2.24, 2.45) is 0 Å². The molecule has 3 fully saturated rings. The predicted octanol–water partition coefficient (Wildman–Crippen LogP) is 1.48. The van der Waals surface area contributed by atoms with Crippen LogP contribution in [-0.4, -0.2) is 59.5 Å². The number of hydrogen-bond donors (Lipinski definition) is 2. The summed E-state index contributed by atoms with van der Waals surface area (Å²) in [6.45, 7) is 1.48. The Bertz CT molecular complexity index is 794. The first-order valence-electron chi connectivity index (χ1n) is 10.0. The predicted molar refractivity (Wildman–Crippen MR) is 101 cm³/mol. The number of ether oxygens (including phenoxy) is 1. The summed E-state index contributed by atoms with van der Waals surface area (Å²) in [4.78, 5) is 39.4. The summed E-state index contributed by atoms with van der Waals surface area (Å²) < 4.78 is 18.9. The first kappa shape index (κ1) is 19.8. The SMILES string of the molecule is O=C(CN1CCOC(c2ccc(F)cc2)C1)NN1C(=O)NC2(CCCCC2)C1=O. The lowest BCUT2D eigenvalue weighted by Gasteiger charge is -2.33. The number of nitrogens with one attached hydrogen (secondary N) is 2. The van der Waals surface area contributed by atoms with Gasteiger partial charge in [-0.15, -0.1) is 0 Å².